The zero-order valence-corrected chi connectivity index (χ0v) is 19.0. The molecular weight excluding hydrogens is 441 g/mol. The van der Waals surface area contributed by atoms with E-state index in [0.29, 0.717) is 25.9 Å². The molecule has 1 aliphatic carbocycles. The minimum absolute atomic E-state index is 0.0605. The highest BCUT2D eigenvalue weighted by Gasteiger charge is 2.43. The van der Waals surface area contributed by atoms with Crippen molar-refractivity contribution in [2.75, 3.05) is 26.3 Å². The van der Waals surface area contributed by atoms with E-state index < -0.39 is 25.7 Å². The minimum atomic E-state index is -4.02. The first kappa shape index (κ1) is 24.8. The molecule has 2 fully saturated rings. The Kier molecular flexibility index (Phi) is 7.44. The lowest BCUT2D eigenvalue weighted by atomic mass is 9.97. The van der Waals surface area contributed by atoms with Crippen LogP contribution in [0.5, 0.6) is 0 Å². The topological polar surface area (TPSA) is 101 Å². The summed E-state index contributed by atoms with van der Waals surface area (Å²) in [7, 11) is -2.38. The van der Waals surface area contributed by atoms with Crippen molar-refractivity contribution < 1.29 is 33.0 Å². The van der Waals surface area contributed by atoms with Crippen LogP contribution in [0, 0.1) is 5.41 Å². The molecule has 2 aliphatic rings. The number of alkyl halides is 2. The molecule has 1 aromatic carbocycles. The van der Waals surface area contributed by atoms with E-state index >= 15 is 0 Å². The van der Waals surface area contributed by atoms with Crippen LogP contribution < -0.4 is 0 Å². The smallest absolute Gasteiger partial charge is 0.325 e. The van der Waals surface area contributed by atoms with Crippen molar-refractivity contribution in [3.8, 4) is 0 Å². The summed E-state index contributed by atoms with van der Waals surface area (Å²) in [5.41, 5.74) is -0.339. The molecule has 1 heterocycles. The molecule has 1 saturated heterocycles. The van der Waals surface area contributed by atoms with E-state index in [0.717, 1.165) is 25.3 Å². The van der Waals surface area contributed by atoms with Gasteiger partial charge in [0, 0.05) is 25.7 Å². The molecule has 1 aromatic rings. The number of carbonyl (C=O) groups excluding carboxylic acids is 1. The second-order valence-electron chi connectivity index (χ2n) is 8.98. The quantitative estimate of drug-likeness (QED) is 0.338. The highest BCUT2D eigenvalue weighted by molar-refractivity contribution is 7.51. The van der Waals surface area contributed by atoms with Crippen LogP contribution in [0.2, 0.25) is 0 Å². The maximum Gasteiger partial charge on any atom is 0.325 e. The van der Waals surface area contributed by atoms with Crippen LogP contribution in [-0.4, -0.2) is 69.2 Å². The van der Waals surface area contributed by atoms with E-state index in [4.69, 9.17) is 9.79 Å². The Labute approximate surface area is 186 Å². The zero-order valence-electron chi connectivity index (χ0n) is 18.1. The second-order valence-corrected chi connectivity index (χ2v) is 10.8. The molecule has 32 heavy (non-hydrogen) atoms. The molecule has 3 rings (SSSR count). The SMILES string of the molecule is CN1C[C@H](C=CC(O)C(F)(F)c2ccccc2)N(CCCC2(CCP(=O)(O)O)CC2)C1=O. The third-order valence-corrected chi connectivity index (χ3v) is 7.28. The van der Waals surface area contributed by atoms with Crippen molar-refractivity contribution >= 4 is 13.6 Å². The Morgan fingerprint density at radius 2 is 1.91 bits per heavy atom. The average molecular weight is 472 g/mol. The number of nitrogens with zero attached hydrogens (tertiary/aromatic N) is 2. The van der Waals surface area contributed by atoms with Crippen LogP contribution in [0.4, 0.5) is 13.6 Å². The number of carbonyl (C=O) groups is 1. The lowest BCUT2D eigenvalue weighted by Gasteiger charge is -2.24. The third kappa shape index (κ3) is 6.16. The Morgan fingerprint density at radius 1 is 1.25 bits per heavy atom. The van der Waals surface area contributed by atoms with Gasteiger partial charge in [-0.3, -0.25) is 4.57 Å². The van der Waals surface area contributed by atoms with E-state index in [1.807, 2.05) is 0 Å². The molecule has 2 amide bonds. The molecule has 10 heteroatoms. The molecule has 0 aromatic heterocycles. The van der Waals surface area contributed by atoms with E-state index in [2.05, 4.69) is 0 Å². The maximum absolute atomic E-state index is 14.5. The van der Waals surface area contributed by atoms with Gasteiger partial charge in [-0.05, 0) is 37.5 Å². The number of amides is 2. The van der Waals surface area contributed by atoms with Crippen LogP contribution in [0.15, 0.2) is 42.5 Å². The molecule has 1 aliphatic heterocycles. The summed E-state index contributed by atoms with van der Waals surface area (Å²) < 4.78 is 40.2. The van der Waals surface area contributed by atoms with Gasteiger partial charge < -0.3 is 24.7 Å². The molecule has 1 saturated carbocycles. The molecule has 0 spiro atoms. The summed E-state index contributed by atoms with van der Waals surface area (Å²) in [6, 6.07) is 6.48. The predicted molar refractivity (Wildman–Crippen MR) is 116 cm³/mol. The fourth-order valence-corrected chi connectivity index (χ4v) is 5.00. The second kappa shape index (κ2) is 9.59. The van der Waals surface area contributed by atoms with E-state index in [1.54, 1.807) is 18.0 Å². The third-order valence-electron chi connectivity index (χ3n) is 6.48. The molecule has 1 unspecified atom stereocenters. The lowest BCUT2D eigenvalue weighted by molar-refractivity contribution is -0.0929. The Morgan fingerprint density at radius 3 is 2.50 bits per heavy atom. The first-order chi connectivity index (χ1) is 14.9. The Hall–Kier alpha value is -1.80. The normalized spacial score (nSPS) is 22.1. The first-order valence-corrected chi connectivity index (χ1v) is 12.6. The number of likely N-dealkylation sites (N-methyl/N-ethyl adjacent to an activating group) is 1. The van der Waals surface area contributed by atoms with Crippen molar-refractivity contribution in [3.05, 3.63) is 48.0 Å². The molecule has 178 valence electrons. The van der Waals surface area contributed by atoms with Gasteiger partial charge >= 0.3 is 19.5 Å². The number of hydrogen-bond acceptors (Lipinski definition) is 3. The number of rotatable bonds is 11. The van der Waals surface area contributed by atoms with E-state index in [-0.39, 0.29) is 23.2 Å². The number of aliphatic hydroxyl groups excluding tert-OH is 1. The van der Waals surface area contributed by atoms with Gasteiger partial charge in [-0.25, -0.2) is 4.79 Å². The van der Waals surface area contributed by atoms with E-state index in [1.165, 1.54) is 35.2 Å². The van der Waals surface area contributed by atoms with Crippen molar-refractivity contribution in [3.63, 3.8) is 0 Å². The van der Waals surface area contributed by atoms with Gasteiger partial charge in [0.2, 0.25) is 0 Å². The number of hydrogen-bond donors (Lipinski definition) is 3. The molecule has 3 N–H and O–H groups in total. The Balaban J connectivity index is 1.57. The van der Waals surface area contributed by atoms with Gasteiger partial charge in [-0.2, -0.15) is 8.78 Å². The van der Waals surface area contributed by atoms with Gasteiger partial charge in [-0.15, -0.1) is 0 Å². The number of benzene rings is 1. The lowest BCUT2D eigenvalue weighted by Crippen LogP contribution is -2.35. The summed E-state index contributed by atoms with van der Waals surface area (Å²) in [5, 5.41) is 10.1. The zero-order chi connectivity index (χ0) is 23.6. The van der Waals surface area contributed by atoms with Gasteiger partial charge in [0.1, 0.15) is 6.10 Å². The minimum Gasteiger partial charge on any atom is -0.382 e. The predicted octanol–water partition coefficient (Wildman–Crippen LogP) is 3.56. The van der Waals surface area contributed by atoms with Gasteiger partial charge in [0.25, 0.3) is 0 Å². The van der Waals surface area contributed by atoms with Gasteiger partial charge in [0.05, 0.1) is 12.2 Å². The fourth-order valence-electron chi connectivity index (χ4n) is 4.24. The summed E-state index contributed by atoms with van der Waals surface area (Å²) in [4.78, 5) is 33.8. The van der Waals surface area contributed by atoms with Gasteiger partial charge in [-0.1, -0.05) is 42.5 Å². The van der Waals surface area contributed by atoms with E-state index in [9.17, 15) is 23.2 Å². The van der Waals surface area contributed by atoms with Crippen LogP contribution in [0.1, 0.15) is 37.7 Å². The largest absolute Gasteiger partial charge is 0.382 e. The summed E-state index contributed by atoms with van der Waals surface area (Å²) in [6.07, 6.45) is 4.10. The summed E-state index contributed by atoms with van der Waals surface area (Å²) in [5.74, 6) is -3.45. The van der Waals surface area contributed by atoms with Gasteiger partial charge in [0.15, 0.2) is 0 Å². The molecule has 7 nitrogen and oxygen atoms in total. The summed E-state index contributed by atoms with van der Waals surface area (Å²) >= 11 is 0. The average Bonchev–Trinajstić information content (AvgIpc) is 3.47. The maximum atomic E-state index is 14.5. The Bertz CT molecular complexity index is 872. The number of halogens is 2. The van der Waals surface area contributed by atoms with Crippen LogP contribution in [-0.2, 0) is 10.5 Å². The van der Waals surface area contributed by atoms with Crippen molar-refractivity contribution in [1.29, 1.82) is 0 Å². The number of aliphatic hydroxyl groups is 1. The first-order valence-electron chi connectivity index (χ1n) is 10.8. The molecule has 0 radical (unpaired) electrons. The monoisotopic (exact) mass is 472 g/mol. The number of urea groups is 1. The highest BCUT2D eigenvalue weighted by Crippen LogP contribution is 2.55. The molecule has 0 bridgehead atoms. The van der Waals surface area contributed by atoms with Crippen molar-refractivity contribution in [2.45, 2.75) is 50.2 Å². The molecular formula is C22H31F2N2O5P. The van der Waals surface area contributed by atoms with Crippen LogP contribution in [0.3, 0.4) is 0 Å². The molecule has 2 atom stereocenters. The van der Waals surface area contributed by atoms with Crippen LogP contribution >= 0.6 is 7.60 Å². The van der Waals surface area contributed by atoms with Crippen molar-refractivity contribution in [1.82, 2.24) is 9.80 Å². The van der Waals surface area contributed by atoms with Crippen LogP contribution in [0.25, 0.3) is 0 Å². The highest BCUT2D eigenvalue weighted by atomic mass is 31.2. The standard InChI is InChI=1S/C22H31F2N2O5P/c1-25-16-18(8-9-19(27)22(23,24)17-6-3-2-4-7-17)26(20(25)28)14-5-10-21(11-12-21)13-15-32(29,30)31/h2-4,6-9,18-19,27H,5,10-16H2,1H3,(H2,29,30,31)/t18-,19?/m0/s1. The fraction of sp³-hybridized carbons (Fsp3) is 0.591. The van der Waals surface area contributed by atoms with Crippen molar-refractivity contribution in [2.24, 2.45) is 5.41 Å². The summed E-state index contributed by atoms with van der Waals surface area (Å²) in [6.45, 7) is 0.753.